The molecule has 2 rings (SSSR count). The van der Waals surface area contributed by atoms with Gasteiger partial charge in [-0.05, 0) is 18.0 Å². The summed E-state index contributed by atoms with van der Waals surface area (Å²) in [4.78, 5) is 12.5. The topological polar surface area (TPSA) is 43.6 Å². The minimum atomic E-state index is 0.263. The van der Waals surface area contributed by atoms with Crippen molar-refractivity contribution in [3.05, 3.63) is 17.8 Å². The van der Waals surface area contributed by atoms with Crippen molar-refractivity contribution in [3.8, 4) is 0 Å². The molecule has 0 saturated carbocycles. The SMILES string of the molecule is CCCCCCCCCCCCCCCCn1cnc2nc(Cl)ncc21. The average Bonchev–Trinajstić information content (AvgIpc) is 3.04. The fourth-order valence-corrected chi connectivity index (χ4v) is 3.61. The van der Waals surface area contributed by atoms with Crippen molar-refractivity contribution < 1.29 is 0 Å². The molecule has 0 atom stereocenters. The number of halogens is 1. The van der Waals surface area contributed by atoms with Gasteiger partial charge in [0.15, 0.2) is 5.65 Å². The molecular formula is C21H35ClN4. The summed E-state index contributed by atoms with van der Waals surface area (Å²) in [5.74, 6) is 0. The third-order valence-electron chi connectivity index (χ3n) is 5.10. The highest BCUT2D eigenvalue weighted by Crippen LogP contribution is 2.15. The predicted octanol–water partition coefficient (Wildman–Crippen LogP) is 6.96. The summed E-state index contributed by atoms with van der Waals surface area (Å²) in [6.45, 7) is 3.27. The highest BCUT2D eigenvalue weighted by atomic mass is 35.5. The van der Waals surface area contributed by atoms with Gasteiger partial charge in [-0.1, -0.05) is 90.4 Å². The summed E-state index contributed by atoms with van der Waals surface area (Å²) in [5, 5.41) is 0.263. The number of rotatable bonds is 15. The molecule has 0 spiro atoms. The van der Waals surface area contributed by atoms with Gasteiger partial charge in [0, 0.05) is 6.54 Å². The first-order chi connectivity index (χ1) is 12.8. The Balaban J connectivity index is 1.41. The van der Waals surface area contributed by atoms with Crippen LogP contribution in [-0.2, 0) is 6.54 Å². The molecule has 0 aliphatic carbocycles. The lowest BCUT2D eigenvalue weighted by molar-refractivity contribution is 0.526. The number of fused-ring (bicyclic) bond motifs is 1. The summed E-state index contributed by atoms with van der Waals surface area (Å²) in [7, 11) is 0. The number of unbranched alkanes of at least 4 members (excludes halogenated alkanes) is 13. The molecule has 0 fully saturated rings. The van der Waals surface area contributed by atoms with Crippen LogP contribution in [0.15, 0.2) is 12.5 Å². The molecule has 5 heteroatoms. The lowest BCUT2D eigenvalue weighted by atomic mass is 10.0. The van der Waals surface area contributed by atoms with Crippen molar-refractivity contribution in [1.29, 1.82) is 0 Å². The quantitative estimate of drug-likeness (QED) is 0.248. The molecule has 0 aliphatic rings. The summed E-state index contributed by atoms with van der Waals surface area (Å²) in [6, 6.07) is 0. The molecule has 0 saturated heterocycles. The Kier molecular flexibility index (Phi) is 10.6. The summed E-state index contributed by atoms with van der Waals surface area (Å²) >= 11 is 5.80. The molecule has 0 bridgehead atoms. The van der Waals surface area contributed by atoms with E-state index in [9.17, 15) is 0 Å². The highest BCUT2D eigenvalue weighted by Gasteiger charge is 2.04. The van der Waals surface area contributed by atoms with E-state index in [1.54, 1.807) is 6.20 Å². The summed E-state index contributed by atoms with van der Waals surface area (Å²) in [5.41, 5.74) is 1.67. The maximum Gasteiger partial charge on any atom is 0.224 e. The lowest BCUT2D eigenvalue weighted by Gasteiger charge is -2.05. The summed E-state index contributed by atoms with van der Waals surface area (Å²) < 4.78 is 2.13. The van der Waals surface area contributed by atoms with Crippen LogP contribution in [0.3, 0.4) is 0 Å². The molecule has 146 valence electrons. The van der Waals surface area contributed by atoms with Crippen LogP contribution in [0.25, 0.3) is 11.2 Å². The Morgan fingerprint density at radius 3 is 1.88 bits per heavy atom. The molecule has 0 radical (unpaired) electrons. The second-order valence-corrected chi connectivity index (χ2v) is 7.72. The van der Waals surface area contributed by atoms with Gasteiger partial charge >= 0.3 is 0 Å². The molecule has 0 aromatic carbocycles. The van der Waals surface area contributed by atoms with Gasteiger partial charge in [0.2, 0.25) is 5.28 Å². The second kappa shape index (κ2) is 13.1. The molecule has 26 heavy (non-hydrogen) atoms. The molecule has 0 amide bonds. The van der Waals surface area contributed by atoms with Crippen LogP contribution in [0.5, 0.6) is 0 Å². The molecule has 2 aromatic rings. The van der Waals surface area contributed by atoms with Crippen molar-refractivity contribution in [3.63, 3.8) is 0 Å². The van der Waals surface area contributed by atoms with E-state index in [1.807, 2.05) is 6.33 Å². The first kappa shape index (κ1) is 21.1. The van der Waals surface area contributed by atoms with Gasteiger partial charge in [-0.25, -0.2) is 9.97 Å². The molecular weight excluding hydrogens is 344 g/mol. The van der Waals surface area contributed by atoms with Crippen LogP contribution >= 0.6 is 11.6 Å². The zero-order chi connectivity index (χ0) is 18.5. The standard InChI is InChI=1S/C21H35ClN4/c1-2-3-4-5-6-7-8-9-10-11-12-13-14-15-16-26-18-24-20-19(26)17-23-21(22)25-20/h17-18H,2-16H2,1H3. The third kappa shape index (κ3) is 8.03. The minimum Gasteiger partial charge on any atom is -0.328 e. The fourth-order valence-electron chi connectivity index (χ4n) is 3.48. The number of hydrogen-bond acceptors (Lipinski definition) is 3. The van der Waals surface area contributed by atoms with Gasteiger partial charge in [-0.2, -0.15) is 4.98 Å². The zero-order valence-corrected chi connectivity index (χ0v) is 17.2. The zero-order valence-electron chi connectivity index (χ0n) is 16.4. The van der Waals surface area contributed by atoms with Crippen LogP contribution < -0.4 is 0 Å². The lowest BCUT2D eigenvalue weighted by Crippen LogP contribution is -1.97. The average molecular weight is 379 g/mol. The van der Waals surface area contributed by atoms with Gasteiger partial charge in [-0.15, -0.1) is 0 Å². The molecule has 0 aliphatic heterocycles. The number of imidazole rings is 1. The van der Waals surface area contributed by atoms with E-state index in [0.717, 1.165) is 12.1 Å². The van der Waals surface area contributed by atoms with Crippen LogP contribution in [0.1, 0.15) is 96.8 Å². The number of nitrogens with zero attached hydrogens (tertiary/aromatic N) is 4. The van der Waals surface area contributed by atoms with E-state index in [0.29, 0.717) is 5.65 Å². The van der Waals surface area contributed by atoms with Gasteiger partial charge in [0.25, 0.3) is 0 Å². The minimum absolute atomic E-state index is 0.263. The van der Waals surface area contributed by atoms with Crippen molar-refractivity contribution >= 4 is 22.8 Å². The maximum atomic E-state index is 5.80. The van der Waals surface area contributed by atoms with Crippen LogP contribution in [0.4, 0.5) is 0 Å². The Labute approximate surface area is 163 Å². The van der Waals surface area contributed by atoms with E-state index < -0.39 is 0 Å². The predicted molar refractivity (Wildman–Crippen MR) is 111 cm³/mol. The van der Waals surface area contributed by atoms with Crippen LogP contribution in [0, 0.1) is 0 Å². The molecule has 4 nitrogen and oxygen atoms in total. The monoisotopic (exact) mass is 378 g/mol. The number of hydrogen-bond donors (Lipinski definition) is 0. The van der Waals surface area contributed by atoms with E-state index in [-0.39, 0.29) is 5.28 Å². The van der Waals surface area contributed by atoms with Crippen molar-refractivity contribution in [2.24, 2.45) is 0 Å². The number of aryl methyl sites for hydroxylation is 1. The van der Waals surface area contributed by atoms with E-state index >= 15 is 0 Å². The maximum absolute atomic E-state index is 5.80. The Morgan fingerprint density at radius 2 is 1.31 bits per heavy atom. The van der Waals surface area contributed by atoms with Crippen molar-refractivity contribution in [2.45, 2.75) is 103 Å². The Morgan fingerprint density at radius 1 is 0.769 bits per heavy atom. The van der Waals surface area contributed by atoms with E-state index in [1.165, 1.54) is 89.9 Å². The van der Waals surface area contributed by atoms with Crippen molar-refractivity contribution in [1.82, 2.24) is 19.5 Å². The Bertz CT molecular complexity index is 611. The first-order valence-electron chi connectivity index (χ1n) is 10.6. The van der Waals surface area contributed by atoms with Crippen molar-refractivity contribution in [2.75, 3.05) is 0 Å². The van der Waals surface area contributed by atoms with Gasteiger partial charge in [0.05, 0.1) is 12.5 Å². The van der Waals surface area contributed by atoms with Gasteiger partial charge in [0.1, 0.15) is 5.52 Å². The fraction of sp³-hybridized carbons (Fsp3) is 0.762. The molecule has 0 unspecified atom stereocenters. The first-order valence-corrected chi connectivity index (χ1v) is 11.0. The smallest absolute Gasteiger partial charge is 0.224 e. The molecule has 2 heterocycles. The normalized spacial score (nSPS) is 11.5. The second-order valence-electron chi connectivity index (χ2n) is 7.38. The van der Waals surface area contributed by atoms with E-state index in [2.05, 4.69) is 26.4 Å². The third-order valence-corrected chi connectivity index (χ3v) is 5.28. The largest absolute Gasteiger partial charge is 0.328 e. The van der Waals surface area contributed by atoms with Gasteiger partial charge in [-0.3, -0.25) is 0 Å². The highest BCUT2D eigenvalue weighted by molar-refractivity contribution is 6.28. The van der Waals surface area contributed by atoms with Crippen LogP contribution in [0.2, 0.25) is 5.28 Å². The van der Waals surface area contributed by atoms with E-state index in [4.69, 9.17) is 11.6 Å². The van der Waals surface area contributed by atoms with Crippen LogP contribution in [-0.4, -0.2) is 19.5 Å². The number of aromatic nitrogens is 4. The molecule has 2 aromatic heterocycles. The van der Waals surface area contributed by atoms with Gasteiger partial charge < -0.3 is 4.57 Å². The molecule has 0 N–H and O–H groups in total. The Hall–Kier alpha value is -1.16. The summed E-state index contributed by atoms with van der Waals surface area (Å²) in [6.07, 6.45) is 23.0.